The van der Waals surface area contributed by atoms with Crippen LogP contribution in [-0.2, 0) is 17.6 Å². The van der Waals surface area contributed by atoms with Gasteiger partial charge in [0.05, 0.1) is 0 Å². The molecule has 0 radical (unpaired) electrons. The van der Waals surface area contributed by atoms with Crippen LogP contribution in [-0.4, -0.2) is 12.0 Å². The number of carbonyl (C=O) groups excluding carboxylic acids is 1. The molecule has 0 saturated heterocycles. The van der Waals surface area contributed by atoms with Crippen molar-refractivity contribution in [2.24, 2.45) is 0 Å². The molecule has 0 spiro atoms. The van der Waals surface area contributed by atoms with Crippen LogP contribution in [0.25, 0.3) is 0 Å². The molecule has 2 aromatic carbocycles. The zero-order valence-corrected chi connectivity index (χ0v) is 15.7. The highest BCUT2D eigenvalue weighted by Gasteiger charge is 2.19. The van der Waals surface area contributed by atoms with E-state index < -0.39 is 6.10 Å². The van der Waals surface area contributed by atoms with E-state index in [1.807, 2.05) is 37.3 Å². The number of halogens is 1. The standard InChI is InChI=1S/C20H22BrNO2/c1-13-12-16(10-11-18(13)21)22-20(23)14(2)24-19-9-5-7-15-6-3-4-8-17(15)19/h5,7,9-12,14H,3-4,6,8H2,1-2H3,(H,22,23)/t14-/m1/s1. The zero-order chi connectivity index (χ0) is 17.1. The summed E-state index contributed by atoms with van der Waals surface area (Å²) in [6.07, 6.45) is 4.01. The quantitative estimate of drug-likeness (QED) is 0.797. The van der Waals surface area contributed by atoms with Crippen molar-refractivity contribution in [3.63, 3.8) is 0 Å². The molecular formula is C20H22BrNO2. The fraction of sp³-hybridized carbons (Fsp3) is 0.350. The summed E-state index contributed by atoms with van der Waals surface area (Å²) in [5.74, 6) is 0.715. The topological polar surface area (TPSA) is 38.3 Å². The van der Waals surface area contributed by atoms with Gasteiger partial charge in [0.1, 0.15) is 5.75 Å². The van der Waals surface area contributed by atoms with Crippen molar-refractivity contribution in [3.8, 4) is 5.75 Å². The lowest BCUT2D eigenvalue weighted by molar-refractivity contribution is -0.122. The summed E-state index contributed by atoms with van der Waals surface area (Å²) in [5.41, 5.74) is 4.49. The van der Waals surface area contributed by atoms with Crippen molar-refractivity contribution in [2.45, 2.75) is 45.6 Å². The Hall–Kier alpha value is -1.81. The van der Waals surface area contributed by atoms with Crippen molar-refractivity contribution in [2.75, 3.05) is 5.32 Å². The molecule has 1 N–H and O–H groups in total. The van der Waals surface area contributed by atoms with Crippen LogP contribution in [0, 0.1) is 6.92 Å². The third-order valence-electron chi connectivity index (χ3n) is 4.45. The first-order valence-electron chi connectivity index (χ1n) is 8.39. The van der Waals surface area contributed by atoms with Gasteiger partial charge in [0.25, 0.3) is 5.91 Å². The minimum Gasteiger partial charge on any atom is -0.481 e. The largest absolute Gasteiger partial charge is 0.481 e. The number of rotatable bonds is 4. The van der Waals surface area contributed by atoms with E-state index in [-0.39, 0.29) is 5.91 Å². The molecule has 2 aromatic rings. The number of anilines is 1. The molecule has 3 nitrogen and oxygen atoms in total. The Morgan fingerprint density at radius 3 is 2.79 bits per heavy atom. The Morgan fingerprint density at radius 2 is 2.00 bits per heavy atom. The van der Waals surface area contributed by atoms with Crippen molar-refractivity contribution in [1.29, 1.82) is 0 Å². The monoisotopic (exact) mass is 387 g/mol. The average molecular weight is 388 g/mol. The number of hydrogen-bond acceptors (Lipinski definition) is 2. The van der Waals surface area contributed by atoms with Crippen molar-refractivity contribution in [3.05, 3.63) is 57.6 Å². The minimum absolute atomic E-state index is 0.134. The lowest BCUT2D eigenvalue weighted by Crippen LogP contribution is -2.30. The van der Waals surface area contributed by atoms with Gasteiger partial charge in [-0.05, 0) is 80.5 Å². The molecule has 4 heteroatoms. The highest BCUT2D eigenvalue weighted by atomic mass is 79.9. The van der Waals surface area contributed by atoms with Gasteiger partial charge in [0.15, 0.2) is 6.10 Å². The van der Waals surface area contributed by atoms with Gasteiger partial charge in [-0.15, -0.1) is 0 Å². The van der Waals surface area contributed by atoms with Crippen LogP contribution < -0.4 is 10.1 Å². The van der Waals surface area contributed by atoms with Gasteiger partial charge < -0.3 is 10.1 Å². The Bertz CT molecular complexity index is 757. The molecule has 1 atom stereocenters. The highest BCUT2D eigenvalue weighted by molar-refractivity contribution is 9.10. The van der Waals surface area contributed by atoms with Crippen LogP contribution in [0.4, 0.5) is 5.69 Å². The molecule has 3 rings (SSSR count). The van der Waals surface area contributed by atoms with Crippen LogP contribution in [0.1, 0.15) is 36.5 Å². The van der Waals surface area contributed by atoms with E-state index in [9.17, 15) is 4.79 Å². The minimum atomic E-state index is -0.539. The fourth-order valence-electron chi connectivity index (χ4n) is 3.07. The van der Waals surface area contributed by atoms with E-state index in [0.29, 0.717) is 0 Å². The highest BCUT2D eigenvalue weighted by Crippen LogP contribution is 2.30. The molecule has 126 valence electrons. The molecule has 24 heavy (non-hydrogen) atoms. The van der Waals surface area contributed by atoms with E-state index in [1.54, 1.807) is 6.92 Å². The summed E-state index contributed by atoms with van der Waals surface area (Å²) in [4.78, 5) is 12.4. The van der Waals surface area contributed by atoms with E-state index in [4.69, 9.17) is 4.74 Å². The van der Waals surface area contributed by atoms with Gasteiger partial charge in [-0.2, -0.15) is 0 Å². The molecule has 0 aliphatic heterocycles. The molecule has 0 saturated carbocycles. The van der Waals surface area contributed by atoms with Crippen molar-refractivity contribution >= 4 is 27.5 Å². The van der Waals surface area contributed by atoms with Gasteiger partial charge >= 0.3 is 0 Å². The molecule has 0 bridgehead atoms. The van der Waals surface area contributed by atoms with Gasteiger partial charge in [-0.25, -0.2) is 0 Å². The number of nitrogens with one attached hydrogen (secondary N) is 1. The van der Waals surface area contributed by atoms with E-state index in [1.165, 1.54) is 24.0 Å². The first-order chi connectivity index (χ1) is 11.5. The number of hydrogen-bond donors (Lipinski definition) is 1. The van der Waals surface area contributed by atoms with Crippen molar-refractivity contribution in [1.82, 2.24) is 0 Å². The first-order valence-corrected chi connectivity index (χ1v) is 9.18. The number of carbonyl (C=O) groups is 1. The molecule has 1 aliphatic carbocycles. The third-order valence-corrected chi connectivity index (χ3v) is 5.34. The molecule has 1 amide bonds. The normalized spacial score (nSPS) is 14.6. The Kier molecular flexibility index (Phi) is 5.24. The predicted molar refractivity (Wildman–Crippen MR) is 101 cm³/mol. The molecule has 0 unspecified atom stereocenters. The van der Waals surface area contributed by atoms with E-state index >= 15 is 0 Å². The van der Waals surface area contributed by atoms with Crippen LogP contribution in [0.5, 0.6) is 5.75 Å². The van der Waals surface area contributed by atoms with E-state index in [2.05, 4.69) is 27.3 Å². The van der Waals surface area contributed by atoms with Gasteiger partial charge in [0.2, 0.25) is 0 Å². The number of amides is 1. The summed E-state index contributed by atoms with van der Waals surface area (Å²) in [6.45, 7) is 3.79. The zero-order valence-electron chi connectivity index (χ0n) is 14.1. The number of aryl methyl sites for hydroxylation is 2. The Labute approximate surface area is 151 Å². The summed E-state index contributed by atoms with van der Waals surface area (Å²) in [5, 5.41) is 2.93. The number of fused-ring (bicyclic) bond motifs is 1. The van der Waals surface area contributed by atoms with Crippen LogP contribution in [0.2, 0.25) is 0 Å². The molecule has 0 aromatic heterocycles. The molecule has 0 heterocycles. The van der Waals surface area contributed by atoms with E-state index in [0.717, 1.165) is 34.3 Å². The maximum Gasteiger partial charge on any atom is 0.265 e. The number of benzene rings is 2. The molecule has 1 aliphatic rings. The van der Waals surface area contributed by atoms with Gasteiger partial charge in [0, 0.05) is 10.2 Å². The first kappa shape index (κ1) is 17.0. The SMILES string of the molecule is Cc1cc(NC(=O)[C@@H](C)Oc2cccc3c2CCCC3)ccc1Br. The van der Waals surface area contributed by atoms with Crippen LogP contribution in [0.15, 0.2) is 40.9 Å². The second-order valence-corrected chi connectivity index (χ2v) is 7.17. The summed E-state index contributed by atoms with van der Waals surface area (Å²) < 4.78 is 7.01. The third kappa shape index (κ3) is 3.81. The predicted octanol–water partition coefficient (Wildman–Crippen LogP) is 5.04. The van der Waals surface area contributed by atoms with Crippen LogP contribution >= 0.6 is 15.9 Å². The smallest absolute Gasteiger partial charge is 0.265 e. The van der Waals surface area contributed by atoms with Crippen molar-refractivity contribution < 1.29 is 9.53 Å². The second kappa shape index (κ2) is 7.39. The Balaban J connectivity index is 1.69. The maximum absolute atomic E-state index is 12.4. The summed E-state index contributed by atoms with van der Waals surface area (Å²) in [6, 6.07) is 11.9. The summed E-state index contributed by atoms with van der Waals surface area (Å²) >= 11 is 3.47. The lowest BCUT2D eigenvalue weighted by Gasteiger charge is -2.22. The maximum atomic E-state index is 12.4. The average Bonchev–Trinajstić information content (AvgIpc) is 2.58. The molecule has 0 fully saturated rings. The van der Waals surface area contributed by atoms with Gasteiger partial charge in [-0.3, -0.25) is 4.79 Å². The Morgan fingerprint density at radius 1 is 1.21 bits per heavy atom. The molecular weight excluding hydrogens is 366 g/mol. The second-order valence-electron chi connectivity index (χ2n) is 6.31. The van der Waals surface area contributed by atoms with Crippen LogP contribution in [0.3, 0.4) is 0 Å². The van der Waals surface area contributed by atoms with Gasteiger partial charge in [-0.1, -0.05) is 28.1 Å². The summed E-state index contributed by atoms with van der Waals surface area (Å²) in [7, 11) is 0. The lowest BCUT2D eigenvalue weighted by atomic mass is 9.91. The fourth-order valence-corrected chi connectivity index (χ4v) is 3.31. The number of ether oxygens (including phenoxy) is 1.